The van der Waals surface area contributed by atoms with Gasteiger partial charge in [0.25, 0.3) is 0 Å². The molecule has 2 heterocycles. The zero-order valence-electron chi connectivity index (χ0n) is 16.1. The number of carbonyl (C=O) groups is 1. The van der Waals surface area contributed by atoms with E-state index in [1.807, 2.05) is 18.2 Å². The van der Waals surface area contributed by atoms with Crippen molar-refractivity contribution in [2.75, 3.05) is 33.9 Å². The van der Waals surface area contributed by atoms with E-state index in [2.05, 4.69) is 27.0 Å². The van der Waals surface area contributed by atoms with Gasteiger partial charge >= 0.3 is 0 Å². The highest BCUT2D eigenvalue weighted by atomic mass is 32.1. The van der Waals surface area contributed by atoms with E-state index in [1.165, 1.54) is 24.8 Å². The van der Waals surface area contributed by atoms with Crippen LogP contribution in [-0.4, -0.2) is 44.7 Å². The molecule has 146 valence electrons. The SMILES string of the molecule is COc1ccc(CC(=O)NCC(c2ccsc2)N2CCCCC2)cc1OC. The molecule has 6 heteroatoms. The van der Waals surface area contributed by atoms with Crippen LogP contribution >= 0.6 is 11.3 Å². The van der Waals surface area contributed by atoms with Crippen LogP contribution in [0.4, 0.5) is 0 Å². The molecule has 1 unspecified atom stereocenters. The fourth-order valence-electron chi connectivity index (χ4n) is 3.60. The van der Waals surface area contributed by atoms with Crippen molar-refractivity contribution >= 4 is 17.2 Å². The second kappa shape index (κ2) is 9.76. The summed E-state index contributed by atoms with van der Waals surface area (Å²) in [6.45, 7) is 2.85. The predicted molar refractivity (Wildman–Crippen MR) is 109 cm³/mol. The number of thiophene rings is 1. The average Bonchev–Trinajstić information content (AvgIpc) is 3.23. The minimum atomic E-state index is 0.0273. The predicted octanol–water partition coefficient (Wildman–Crippen LogP) is 3.65. The molecule has 1 saturated heterocycles. The van der Waals surface area contributed by atoms with Crippen LogP contribution in [0.3, 0.4) is 0 Å². The summed E-state index contributed by atoms with van der Waals surface area (Å²) in [5, 5.41) is 7.44. The van der Waals surface area contributed by atoms with Crippen LogP contribution in [0.2, 0.25) is 0 Å². The Morgan fingerprint density at radius 1 is 1.15 bits per heavy atom. The zero-order valence-corrected chi connectivity index (χ0v) is 16.9. The van der Waals surface area contributed by atoms with Crippen molar-refractivity contribution in [2.45, 2.75) is 31.7 Å². The highest BCUT2D eigenvalue weighted by molar-refractivity contribution is 7.07. The third-order valence-corrected chi connectivity index (χ3v) is 5.77. The van der Waals surface area contributed by atoms with Gasteiger partial charge in [0.1, 0.15) is 0 Å². The van der Waals surface area contributed by atoms with Crippen LogP contribution in [-0.2, 0) is 11.2 Å². The van der Waals surface area contributed by atoms with Crippen molar-refractivity contribution in [2.24, 2.45) is 0 Å². The minimum Gasteiger partial charge on any atom is -0.493 e. The molecule has 1 aliphatic rings. The molecule has 0 saturated carbocycles. The fourth-order valence-corrected chi connectivity index (χ4v) is 4.31. The first-order chi connectivity index (χ1) is 13.2. The number of benzene rings is 1. The summed E-state index contributed by atoms with van der Waals surface area (Å²) in [6, 6.07) is 8.03. The normalized spacial score (nSPS) is 15.9. The van der Waals surface area contributed by atoms with E-state index in [0.29, 0.717) is 24.5 Å². The largest absolute Gasteiger partial charge is 0.493 e. The Kier molecular flexibility index (Phi) is 7.12. The maximum absolute atomic E-state index is 12.5. The summed E-state index contributed by atoms with van der Waals surface area (Å²) in [5.41, 5.74) is 2.21. The van der Waals surface area contributed by atoms with Crippen molar-refractivity contribution in [3.8, 4) is 11.5 Å². The number of amides is 1. The van der Waals surface area contributed by atoms with Gasteiger partial charge in [-0.1, -0.05) is 12.5 Å². The summed E-state index contributed by atoms with van der Waals surface area (Å²) in [4.78, 5) is 15.0. The van der Waals surface area contributed by atoms with Crippen molar-refractivity contribution in [3.63, 3.8) is 0 Å². The minimum absolute atomic E-state index is 0.0273. The summed E-state index contributed by atoms with van der Waals surface area (Å²) >= 11 is 1.71. The first kappa shape index (κ1) is 19.7. The Labute approximate surface area is 165 Å². The van der Waals surface area contributed by atoms with Crippen LogP contribution in [0.25, 0.3) is 0 Å². The van der Waals surface area contributed by atoms with Gasteiger partial charge in [0.05, 0.1) is 26.7 Å². The monoisotopic (exact) mass is 388 g/mol. The van der Waals surface area contributed by atoms with Gasteiger partial charge in [0.15, 0.2) is 11.5 Å². The molecule has 5 nitrogen and oxygen atoms in total. The van der Waals surface area contributed by atoms with Gasteiger partial charge < -0.3 is 14.8 Å². The molecule has 1 fully saturated rings. The number of piperidine rings is 1. The number of hydrogen-bond acceptors (Lipinski definition) is 5. The molecule has 0 bridgehead atoms. The number of ether oxygens (including phenoxy) is 2. The van der Waals surface area contributed by atoms with Crippen molar-refractivity contribution in [1.29, 1.82) is 0 Å². The molecule has 1 aromatic carbocycles. The maximum atomic E-state index is 12.5. The summed E-state index contributed by atoms with van der Waals surface area (Å²) in [6.07, 6.45) is 4.11. The molecule has 2 aromatic rings. The number of likely N-dealkylation sites (tertiary alicyclic amines) is 1. The van der Waals surface area contributed by atoms with Crippen LogP contribution in [0.15, 0.2) is 35.0 Å². The Balaban J connectivity index is 1.60. The highest BCUT2D eigenvalue weighted by Gasteiger charge is 2.23. The molecular weight excluding hydrogens is 360 g/mol. The Hall–Kier alpha value is -2.05. The second-order valence-electron chi connectivity index (χ2n) is 6.84. The lowest BCUT2D eigenvalue weighted by atomic mass is 10.0. The van der Waals surface area contributed by atoms with Crippen LogP contribution in [0, 0.1) is 0 Å². The van der Waals surface area contributed by atoms with Gasteiger partial charge in [0.2, 0.25) is 5.91 Å². The van der Waals surface area contributed by atoms with Gasteiger partial charge in [-0.2, -0.15) is 11.3 Å². The molecule has 0 spiro atoms. The lowest BCUT2D eigenvalue weighted by molar-refractivity contribution is -0.120. The summed E-state index contributed by atoms with van der Waals surface area (Å²) < 4.78 is 10.6. The molecule has 1 amide bonds. The molecule has 0 radical (unpaired) electrons. The molecular formula is C21H28N2O3S. The van der Waals surface area contributed by atoms with E-state index in [1.54, 1.807) is 25.6 Å². The van der Waals surface area contributed by atoms with Gasteiger partial charge in [-0.25, -0.2) is 0 Å². The number of methoxy groups -OCH3 is 2. The summed E-state index contributed by atoms with van der Waals surface area (Å²) in [7, 11) is 3.21. The topological polar surface area (TPSA) is 50.8 Å². The molecule has 0 aliphatic carbocycles. The van der Waals surface area contributed by atoms with Gasteiger partial charge in [-0.3, -0.25) is 9.69 Å². The van der Waals surface area contributed by atoms with Gasteiger partial charge in [0, 0.05) is 6.54 Å². The molecule has 1 aromatic heterocycles. The number of nitrogens with one attached hydrogen (secondary N) is 1. The van der Waals surface area contributed by atoms with Gasteiger partial charge in [-0.15, -0.1) is 0 Å². The highest BCUT2D eigenvalue weighted by Crippen LogP contribution is 2.28. The lowest BCUT2D eigenvalue weighted by Gasteiger charge is -2.34. The van der Waals surface area contributed by atoms with Crippen molar-refractivity contribution in [1.82, 2.24) is 10.2 Å². The molecule has 1 aliphatic heterocycles. The standard InChI is InChI=1S/C21H28N2O3S/c1-25-19-7-6-16(12-20(19)26-2)13-21(24)22-14-18(17-8-11-27-15-17)23-9-4-3-5-10-23/h6-8,11-12,15,18H,3-5,9-10,13-14H2,1-2H3,(H,22,24). The molecule has 1 N–H and O–H groups in total. The van der Waals surface area contributed by atoms with E-state index in [9.17, 15) is 4.79 Å². The average molecular weight is 389 g/mol. The number of carbonyl (C=O) groups excluding carboxylic acids is 1. The van der Waals surface area contributed by atoms with E-state index < -0.39 is 0 Å². The van der Waals surface area contributed by atoms with Crippen molar-refractivity contribution < 1.29 is 14.3 Å². The second-order valence-corrected chi connectivity index (χ2v) is 7.62. The smallest absolute Gasteiger partial charge is 0.224 e. The first-order valence-corrected chi connectivity index (χ1v) is 10.4. The van der Waals surface area contributed by atoms with E-state index in [4.69, 9.17) is 9.47 Å². The van der Waals surface area contributed by atoms with E-state index in [-0.39, 0.29) is 11.9 Å². The third kappa shape index (κ3) is 5.23. The quantitative estimate of drug-likeness (QED) is 0.750. The van der Waals surface area contributed by atoms with E-state index in [0.717, 1.165) is 18.7 Å². The Morgan fingerprint density at radius 3 is 2.59 bits per heavy atom. The van der Waals surface area contributed by atoms with Gasteiger partial charge in [-0.05, 0) is 66.0 Å². The molecule has 27 heavy (non-hydrogen) atoms. The lowest BCUT2D eigenvalue weighted by Crippen LogP contribution is -2.40. The number of nitrogens with zero attached hydrogens (tertiary/aromatic N) is 1. The summed E-state index contributed by atoms with van der Waals surface area (Å²) in [5.74, 6) is 1.34. The van der Waals surface area contributed by atoms with Crippen molar-refractivity contribution in [3.05, 3.63) is 46.2 Å². The van der Waals surface area contributed by atoms with E-state index >= 15 is 0 Å². The zero-order chi connectivity index (χ0) is 19.1. The fraction of sp³-hybridized carbons (Fsp3) is 0.476. The Bertz CT molecular complexity index is 727. The van der Waals surface area contributed by atoms with Crippen LogP contribution in [0.5, 0.6) is 11.5 Å². The molecule has 1 atom stereocenters. The molecule has 3 rings (SSSR count). The third-order valence-electron chi connectivity index (χ3n) is 5.06. The maximum Gasteiger partial charge on any atom is 0.224 e. The first-order valence-electron chi connectivity index (χ1n) is 9.45. The Morgan fingerprint density at radius 2 is 1.93 bits per heavy atom. The number of hydrogen-bond donors (Lipinski definition) is 1. The number of rotatable bonds is 8. The van der Waals surface area contributed by atoms with Crippen LogP contribution in [0.1, 0.15) is 36.4 Å². The van der Waals surface area contributed by atoms with Crippen LogP contribution < -0.4 is 14.8 Å².